The number of hydrogen-bond acceptors (Lipinski definition) is 33. The second-order valence-corrected chi connectivity index (χ2v) is 19.6. The molecule has 75 heavy (non-hydrogen) atoms. The minimum absolute atomic E-state index is 0.683. The van der Waals surface area contributed by atoms with Crippen LogP contribution in [-0.4, -0.2) is 343 Å². The molecule has 33 heteroatoms. The van der Waals surface area contributed by atoms with Crippen molar-refractivity contribution in [2.75, 3.05) is 26.4 Å². The quantitative estimate of drug-likeness (QED) is 0.0682. The molecule has 7 fully saturated rings. The summed E-state index contributed by atoms with van der Waals surface area (Å²) in [6.45, 7) is 0.627. The summed E-state index contributed by atoms with van der Waals surface area (Å²) in [6.07, 6.45) is -63.6. The molecule has 0 amide bonds. The summed E-state index contributed by atoms with van der Waals surface area (Å²) >= 11 is 0. The fourth-order valence-corrected chi connectivity index (χ4v) is 9.48. The maximum atomic E-state index is 11.7. The van der Waals surface area contributed by atoms with E-state index >= 15 is 0 Å². The highest BCUT2D eigenvalue weighted by Crippen LogP contribution is 2.36. The van der Waals surface area contributed by atoms with Crippen LogP contribution in [0.5, 0.6) is 0 Å². The van der Waals surface area contributed by atoms with Crippen LogP contribution in [-0.2, 0) is 61.6 Å². The zero-order valence-electron chi connectivity index (χ0n) is 40.3. The molecule has 7 aliphatic rings. The molecule has 7 aliphatic heterocycles. The van der Waals surface area contributed by atoms with Crippen LogP contribution in [0, 0.1) is 0 Å². The van der Waals surface area contributed by atoms with Gasteiger partial charge in [0.25, 0.3) is 0 Å². The summed E-state index contributed by atoms with van der Waals surface area (Å²) < 4.78 is 73.2. The average Bonchev–Trinajstić information content (AvgIpc) is 3.38. The molecule has 0 aromatic carbocycles. The summed E-state index contributed by atoms with van der Waals surface area (Å²) in [5, 5.41) is 214. The monoisotopic (exact) mass is 1100 g/mol. The highest BCUT2D eigenvalue weighted by molar-refractivity contribution is 4.99. The topological polar surface area (TPSA) is 525 Å². The van der Waals surface area contributed by atoms with Crippen molar-refractivity contribution in [3.05, 3.63) is 0 Å². The van der Waals surface area contributed by atoms with Crippen molar-refractivity contribution in [2.24, 2.45) is 0 Å². The molecule has 7 rings (SSSR count). The van der Waals surface area contributed by atoms with Crippen LogP contribution in [0.1, 0.15) is 20.8 Å². The number of rotatable bonds is 16. The Balaban J connectivity index is 1.07. The van der Waals surface area contributed by atoms with E-state index in [0.29, 0.717) is 0 Å². The molecule has 0 bridgehead atoms. The fourth-order valence-electron chi connectivity index (χ4n) is 9.48. The third kappa shape index (κ3) is 12.9. The SMILES string of the molecule is C[C@@H]1O[C@@H](OC[C@H]2O[C@@H](OC[C@H]3O[C@@H](O[C@@H]4[C@@H](O)[C@H](O)O[C@H](CO[C@@H]5O[C@H](CO)[C@H](O)[C@H](O)[C@H]5O[C@@H]5O[C@@H](C)[C@@H](O)[C@@H](O)[C@@H]5O)[C@@H]4O)[C@H](O[C@@H]4O[C@@H](C)[C@@H](O)[C@@H](O)[C@@H]4O)[C@@H](O)[C@H]3O)[C@H](O)[C@@H](O)[C@H]2O)[C@@H](O)[C@H](O)[C@@H]1O. The van der Waals surface area contributed by atoms with Gasteiger partial charge in [0.15, 0.2) is 44.0 Å². The molecule has 0 saturated carbocycles. The van der Waals surface area contributed by atoms with Gasteiger partial charge in [-0.05, 0) is 20.8 Å². The first kappa shape index (κ1) is 61.3. The predicted molar refractivity (Wildman–Crippen MR) is 228 cm³/mol. The van der Waals surface area contributed by atoms with E-state index in [1.54, 1.807) is 0 Å². The Labute approximate surface area is 425 Å². The van der Waals surface area contributed by atoms with Gasteiger partial charge in [-0.25, -0.2) is 0 Å². The molecule has 33 nitrogen and oxygen atoms in total. The standard InChI is InChI=1S/C42H72O33/c1-8-15(44)22(51)28(57)37(66-8)63-5-12-19(48)25(54)29(58)38(71-12)64-6-13-20(49)27(56)35(75-40-31(60)24(53)17(46)10(3)68-40)42(72-13)73-33-21(50)14(69-36(62)32(33)61)7-65-41-34(26(55)18(47)11(4-43)70-41)74-39-30(59)23(52)16(45)9(2)67-39/h8-62H,4-7H2,1-3H3/t8-,9-,10-,11+,12+,13+,14+,15+,16+,17+,18-,19-,20-,21-,22+,23+,24+,25-,26-,27-,28-,29+,30-,31-,32+,33-,34+,35+,36+,37+,38+,39-,40-,41+,42-/m0/s1. The molecule has 0 radical (unpaired) electrons. The molecule has 0 aromatic rings. The van der Waals surface area contributed by atoms with E-state index < -0.39 is 241 Å². The Morgan fingerprint density at radius 2 is 0.587 bits per heavy atom. The summed E-state index contributed by atoms with van der Waals surface area (Å²) in [5.74, 6) is 0. The zero-order chi connectivity index (χ0) is 55.2. The largest absolute Gasteiger partial charge is 0.394 e. The Kier molecular flexibility index (Phi) is 21.0. The molecule has 7 heterocycles. The van der Waals surface area contributed by atoms with Crippen molar-refractivity contribution in [3.63, 3.8) is 0 Å². The van der Waals surface area contributed by atoms with Crippen LogP contribution in [0.15, 0.2) is 0 Å². The van der Waals surface area contributed by atoms with Gasteiger partial charge >= 0.3 is 0 Å². The molecule has 0 aliphatic carbocycles. The summed E-state index contributed by atoms with van der Waals surface area (Å²) in [5.41, 5.74) is 0. The van der Waals surface area contributed by atoms with Gasteiger partial charge in [-0.15, -0.1) is 0 Å². The van der Waals surface area contributed by atoms with Crippen molar-refractivity contribution in [1.82, 2.24) is 0 Å². The molecule has 35 atom stereocenters. The van der Waals surface area contributed by atoms with Crippen molar-refractivity contribution in [3.8, 4) is 0 Å². The lowest BCUT2D eigenvalue weighted by molar-refractivity contribution is -0.393. The average molecular weight is 1110 g/mol. The van der Waals surface area contributed by atoms with Gasteiger partial charge in [0.1, 0.15) is 153 Å². The van der Waals surface area contributed by atoms with Crippen molar-refractivity contribution < 1.29 is 164 Å². The summed E-state index contributed by atoms with van der Waals surface area (Å²) in [7, 11) is 0. The minimum atomic E-state index is -2.25. The Morgan fingerprint density at radius 1 is 0.267 bits per heavy atom. The zero-order valence-corrected chi connectivity index (χ0v) is 40.3. The predicted octanol–water partition coefficient (Wildman–Crippen LogP) is -13.2. The lowest BCUT2D eigenvalue weighted by atomic mass is 9.96. The van der Waals surface area contributed by atoms with Crippen LogP contribution in [0.4, 0.5) is 0 Å². The lowest BCUT2D eigenvalue weighted by Crippen LogP contribution is -2.67. The third-order valence-electron chi connectivity index (χ3n) is 14.4. The molecular weight excluding hydrogens is 1030 g/mol. The maximum absolute atomic E-state index is 11.7. The van der Waals surface area contributed by atoms with Gasteiger partial charge < -0.3 is 164 Å². The smallest absolute Gasteiger partial charge is 0.187 e. The first-order valence-corrected chi connectivity index (χ1v) is 24.2. The second-order valence-electron chi connectivity index (χ2n) is 19.6. The highest BCUT2D eigenvalue weighted by atomic mass is 16.8. The summed E-state index contributed by atoms with van der Waals surface area (Å²) in [4.78, 5) is 0. The van der Waals surface area contributed by atoms with E-state index in [2.05, 4.69) is 0 Å². The van der Waals surface area contributed by atoms with E-state index in [-0.39, 0.29) is 0 Å². The molecular formula is C42H72O33. The number of aliphatic hydroxyl groups excluding tert-OH is 20. The molecule has 0 unspecified atom stereocenters. The van der Waals surface area contributed by atoms with E-state index in [4.69, 9.17) is 61.6 Å². The van der Waals surface area contributed by atoms with Crippen molar-refractivity contribution in [1.29, 1.82) is 0 Å². The fraction of sp³-hybridized carbons (Fsp3) is 1.00. The molecule has 0 aromatic heterocycles. The lowest BCUT2D eigenvalue weighted by Gasteiger charge is -2.49. The second kappa shape index (κ2) is 25.6. The number of hydrogen-bond donors (Lipinski definition) is 20. The Morgan fingerprint density at radius 3 is 1.05 bits per heavy atom. The Bertz CT molecular complexity index is 1770. The highest BCUT2D eigenvalue weighted by Gasteiger charge is 2.56. The molecule has 7 saturated heterocycles. The molecule has 20 N–H and O–H groups in total. The number of aliphatic hydroxyl groups is 20. The van der Waals surface area contributed by atoms with Gasteiger partial charge in [0, 0.05) is 0 Å². The van der Waals surface area contributed by atoms with Gasteiger partial charge in [-0.3, -0.25) is 0 Å². The maximum Gasteiger partial charge on any atom is 0.187 e. The van der Waals surface area contributed by atoms with Crippen LogP contribution < -0.4 is 0 Å². The van der Waals surface area contributed by atoms with Gasteiger partial charge in [-0.1, -0.05) is 0 Å². The first-order chi connectivity index (χ1) is 35.3. The van der Waals surface area contributed by atoms with Crippen LogP contribution in [0.2, 0.25) is 0 Å². The van der Waals surface area contributed by atoms with Crippen LogP contribution in [0.25, 0.3) is 0 Å². The van der Waals surface area contributed by atoms with Gasteiger partial charge in [0.05, 0.1) is 44.7 Å². The van der Waals surface area contributed by atoms with E-state index in [1.165, 1.54) is 20.8 Å². The van der Waals surface area contributed by atoms with Crippen LogP contribution >= 0.6 is 0 Å². The third-order valence-corrected chi connectivity index (χ3v) is 14.4. The van der Waals surface area contributed by atoms with E-state index in [1.807, 2.05) is 0 Å². The molecule has 0 spiro atoms. The van der Waals surface area contributed by atoms with E-state index in [0.717, 1.165) is 0 Å². The van der Waals surface area contributed by atoms with E-state index in [9.17, 15) is 102 Å². The summed E-state index contributed by atoms with van der Waals surface area (Å²) in [6, 6.07) is 0. The molecule has 438 valence electrons. The van der Waals surface area contributed by atoms with Crippen molar-refractivity contribution in [2.45, 2.75) is 236 Å². The van der Waals surface area contributed by atoms with Gasteiger partial charge in [-0.2, -0.15) is 0 Å². The minimum Gasteiger partial charge on any atom is -0.394 e. The van der Waals surface area contributed by atoms with Crippen LogP contribution in [0.3, 0.4) is 0 Å². The Hall–Kier alpha value is -1.32. The number of ether oxygens (including phenoxy) is 13. The van der Waals surface area contributed by atoms with Gasteiger partial charge in [0.2, 0.25) is 0 Å². The van der Waals surface area contributed by atoms with Crippen molar-refractivity contribution >= 4 is 0 Å². The normalized spacial score (nSPS) is 55.2. The first-order valence-electron chi connectivity index (χ1n) is 24.2.